The van der Waals surface area contributed by atoms with Gasteiger partial charge in [0.05, 0.1) is 5.56 Å². The molecule has 1 N–H and O–H groups in total. The summed E-state index contributed by atoms with van der Waals surface area (Å²) in [5.41, 5.74) is 0.712. The lowest BCUT2D eigenvalue weighted by Gasteiger charge is -2.57. The fraction of sp³-hybridized carbons (Fsp3) is 0.655. The first-order valence-corrected chi connectivity index (χ1v) is 14.0. The second-order valence-corrected chi connectivity index (χ2v) is 13.2. The van der Waals surface area contributed by atoms with Crippen LogP contribution in [0.4, 0.5) is 0 Å². The molecule has 184 valence electrons. The molecule has 0 aliphatic heterocycles. The van der Waals surface area contributed by atoms with Gasteiger partial charge in [-0.2, -0.15) is 0 Å². The van der Waals surface area contributed by atoms with Gasteiger partial charge in [-0.3, -0.25) is 4.79 Å². The van der Waals surface area contributed by atoms with Crippen molar-refractivity contribution in [3.8, 4) is 0 Å². The normalized spacial score (nSPS) is 43.2. The molecule has 34 heavy (non-hydrogen) atoms. The van der Waals surface area contributed by atoms with E-state index in [1.807, 2.05) is 24.3 Å². The van der Waals surface area contributed by atoms with E-state index in [-0.39, 0.29) is 34.6 Å². The van der Waals surface area contributed by atoms with E-state index in [0.29, 0.717) is 23.3 Å². The maximum Gasteiger partial charge on any atom is 0.338 e. The van der Waals surface area contributed by atoms with E-state index in [9.17, 15) is 14.7 Å². The summed E-state index contributed by atoms with van der Waals surface area (Å²) in [6.45, 7) is 8.21. The maximum atomic E-state index is 12.8. The summed E-state index contributed by atoms with van der Waals surface area (Å²) in [5.74, 6) is 1.02. The van der Waals surface area contributed by atoms with Gasteiger partial charge in [-0.1, -0.05) is 38.5 Å². The molecule has 0 amide bonds. The van der Waals surface area contributed by atoms with Gasteiger partial charge in [0.25, 0.3) is 0 Å². The van der Waals surface area contributed by atoms with Crippen LogP contribution in [-0.2, 0) is 9.53 Å². The minimum absolute atomic E-state index is 0.00512. The molecule has 5 heteroatoms. The fourth-order valence-corrected chi connectivity index (χ4v) is 9.07. The largest absolute Gasteiger partial charge is 0.459 e. The van der Waals surface area contributed by atoms with Crippen LogP contribution < -0.4 is 0 Å². The summed E-state index contributed by atoms with van der Waals surface area (Å²) in [6, 6.07) is 7.60. The van der Waals surface area contributed by atoms with Crippen molar-refractivity contribution in [3.05, 3.63) is 45.0 Å². The number of carbonyl (C=O) groups excluding carboxylic acids is 2. The van der Waals surface area contributed by atoms with Crippen molar-refractivity contribution in [1.82, 2.24) is 0 Å². The zero-order valence-corrected chi connectivity index (χ0v) is 22.9. The highest BCUT2D eigenvalue weighted by Crippen LogP contribution is 2.67. The number of Topliss-reactive ketones (excluding diaryl/α,β-unsaturated/α-hetero) is 1. The van der Waals surface area contributed by atoms with Crippen molar-refractivity contribution in [3.63, 3.8) is 0 Å². The average Bonchev–Trinajstić information content (AvgIpc) is 3.01. The molecule has 0 bridgehead atoms. The monoisotopic (exact) mass is 576 g/mol. The van der Waals surface area contributed by atoms with Gasteiger partial charge in [-0.25, -0.2) is 4.79 Å². The lowest BCUT2D eigenvalue weighted by Crippen LogP contribution is -2.56. The summed E-state index contributed by atoms with van der Waals surface area (Å²) >= 11 is 2.22. The minimum Gasteiger partial charge on any atom is -0.459 e. The Morgan fingerprint density at radius 3 is 2.62 bits per heavy atom. The number of ketones is 1. The van der Waals surface area contributed by atoms with Crippen LogP contribution in [0.25, 0.3) is 0 Å². The number of benzene rings is 1. The Labute approximate surface area is 217 Å². The van der Waals surface area contributed by atoms with Crippen molar-refractivity contribution >= 4 is 34.3 Å². The molecular weight excluding hydrogens is 539 g/mol. The number of aliphatic hydroxyl groups is 1. The second kappa shape index (κ2) is 8.43. The fourth-order valence-electron chi connectivity index (χ4n) is 8.52. The Morgan fingerprint density at radius 1 is 1.15 bits per heavy atom. The maximum absolute atomic E-state index is 12.8. The van der Waals surface area contributed by atoms with Crippen LogP contribution >= 0.6 is 22.6 Å². The number of hydrogen-bond acceptors (Lipinski definition) is 4. The highest BCUT2D eigenvalue weighted by molar-refractivity contribution is 14.1. The van der Waals surface area contributed by atoms with Gasteiger partial charge < -0.3 is 9.84 Å². The van der Waals surface area contributed by atoms with E-state index in [0.717, 1.165) is 48.5 Å². The molecule has 0 heterocycles. The lowest BCUT2D eigenvalue weighted by molar-refractivity contribution is -0.156. The Kier molecular flexibility index (Phi) is 6.07. The molecule has 3 saturated carbocycles. The average molecular weight is 577 g/mol. The smallest absolute Gasteiger partial charge is 0.338 e. The van der Waals surface area contributed by atoms with Crippen LogP contribution in [0, 0.1) is 38.1 Å². The zero-order valence-electron chi connectivity index (χ0n) is 20.8. The Morgan fingerprint density at radius 2 is 1.91 bits per heavy atom. The number of carbonyl (C=O) groups is 2. The van der Waals surface area contributed by atoms with Crippen molar-refractivity contribution in [2.24, 2.45) is 34.5 Å². The molecule has 0 radical (unpaired) electrons. The zero-order chi connectivity index (χ0) is 24.5. The summed E-state index contributed by atoms with van der Waals surface area (Å²) < 4.78 is 7.02. The third-order valence-electron chi connectivity index (χ3n) is 10.4. The number of rotatable bonds is 3. The van der Waals surface area contributed by atoms with Crippen LogP contribution in [0.1, 0.15) is 83.0 Å². The molecule has 0 saturated heterocycles. The predicted octanol–water partition coefficient (Wildman–Crippen LogP) is 6.35. The highest BCUT2D eigenvalue weighted by atomic mass is 127. The molecule has 0 spiro atoms. The van der Waals surface area contributed by atoms with E-state index in [2.05, 4.69) is 49.4 Å². The van der Waals surface area contributed by atoms with Crippen LogP contribution in [0.2, 0.25) is 0 Å². The Bertz CT molecular complexity index is 1050. The Balaban J connectivity index is 1.35. The first kappa shape index (κ1) is 24.5. The number of fused-ring (bicyclic) bond motifs is 5. The van der Waals surface area contributed by atoms with Crippen LogP contribution in [0.15, 0.2) is 35.9 Å². The molecule has 1 aromatic carbocycles. The number of esters is 1. The van der Waals surface area contributed by atoms with Gasteiger partial charge in [0.1, 0.15) is 11.7 Å². The van der Waals surface area contributed by atoms with Crippen molar-refractivity contribution in [1.29, 1.82) is 0 Å². The predicted molar refractivity (Wildman–Crippen MR) is 140 cm³/mol. The molecule has 8 atom stereocenters. The summed E-state index contributed by atoms with van der Waals surface area (Å²) in [6.07, 6.45) is 9.14. The molecule has 1 aromatic rings. The SMILES string of the molecule is CC(=O)[C@@]1(O)[C@H](C)CC2C3CC[C@H]4C[C@H](OC(=O)c5cccc(I)c5)CCC4(C)C3=CCC21C. The topological polar surface area (TPSA) is 63.6 Å². The molecule has 4 aliphatic carbocycles. The molecular formula is C29H37IO4. The first-order valence-electron chi connectivity index (χ1n) is 12.9. The summed E-state index contributed by atoms with van der Waals surface area (Å²) in [5, 5.41) is 11.6. The van der Waals surface area contributed by atoms with Crippen LogP contribution in [0.3, 0.4) is 0 Å². The van der Waals surface area contributed by atoms with Gasteiger partial charge in [-0.15, -0.1) is 0 Å². The molecule has 5 rings (SSSR count). The molecule has 4 unspecified atom stereocenters. The van der Waals surface area contributed by atoms with E-state index < -0.39 is 5.60 Å². The van der Waals surface area contributed by atoms with E-state index >= 15 is 0 Å². The quantitative estimate of drug-likeness (QED) is 0.259. The molecule has 0 aromatic heterocycles. The number of allylic oxidation sites excluding steroid dienone is 2. The van der Waals surface area contributed by atoms with Gasteiger partial charge in [0.2, 0.25) is 0 Å². The van der Waals surface area contributed by atoms with Crippen molar-refractivity contribution in [2.45, 2.75) is 84.3 Å². The Hall–Kier alpha value is -1.21. The van der Waals surface area contributed by atoms with Gasteiger partial charge in [0.15, 0.2) is 5.78 Å². The standard InChI is InChI=1S/C29H37IO4/c1-17-14-25-23-9-8-20-16-22(34-26(32)19-6-5-7-21(30)15-19)10-12-27(20,3)24(23)11-13-28(25,4)29(17,33)18(2)31/h5-7,11,15,17,20,22-23,25,33H,8-10,12-14,16H2,1-4H3/t17-,20+,22-,23?,25?,27?,28?,29+/m1/s1. The molecule has 3 fully saturated rings. The number of hydrogen-bond donors (Lipinski definition) is 1. The summed E-state index contributed by atoms with van der Waals surface area (Å²) in [7, 11) is 0. The van der Waals surface area contributed by atoms with E-state index in [4.69, 9.17) is 4.74 Å². The van der Waals surface area contributed by atoms with E-state index in [1.165, 1.54) is 0 Å². The number of halogens is 1. The first-order chi connectivity index (χ1) is 16.0. The van der Waals surface area contributed by atoms with Gasteiger partial charge in [-0.05, 0) is 122 Å². The highest BCUT2D eigenvalue weighted by Gasteiger charge is 2.66. The lowest BCUT2D eigenvalue weighted by atomic mass is 9.48. The molecule has 4 aliphatic rings. The van der Waals surface area contributed by atoms with Gasteiger partial charge >= 0.3 is 5.97 Å². The van der Waals surface area contributed by atoms with Crippen molar-refractivity contribution in [2.75, 3.05) is 0 Å². The minimum atomic E-state index is -1.22. The second-order valence-electron chi connectivity index (χ2n) is 12.0. The van der Waals surface area contributed by atoms with Crippen LogP contribution in [0.5, 0.6) is 0 Å². The summed E-state index contributed by atoms with van der Waals surface area (Å²) in [4.78, 5) is 25.4. The third kappa shape index (κ3) is 3.47. The molecule has 4 nitrogen and oxygen atoms in total. The van der Waals surface area contributed by atoms with E-state index in [1.54, 1.807) is 12.5 Å². The third-order valence-corrected chi connectivity index (χ3v) is 11.1. The van der Waals surface area contributed by atoms with Crippen LogP contribution in [-0.4, -0.2) is 28.6 Å². The van der Waals surface area contributed by atoms with Crippen molar-refractivity contribution < 1.29 is 19.4 Å². The van der Waals surface area contributed by atoms with Gasteiger partial charge in [0, 0.05) is 8.99 Å². The number of ether oxygens (including phenoxy) is 1.